The molecule has 0 spiro atoms. The first-order chi connectivity index (χ1) is 14.0. The number of aromatic nitrogens is 1. The monoisotopic (exact) mass is 394 g/mol. The molecule has 7 nitrogen and oxygen atoms in total. The van der Waals surface area contributed by atoms with E-state index >= 15 is 0 Å². The molecule has 0 radical (unpaired) electrons. The molecule has 1 aliphatic heterocycles. The summed E-state index contributed by atoms with van der Waals surface area (Å²) in [6, 6.07) is 14.7. The van der Waals surface area contributed by atoms with Crippen molar-refractivity contribution >= 4 is 22.6 Å². The van der Waals surface area contributed by atoms with E-state index in [1.165, 1.54) is 4.90 Å². The molecule has 1 amide bonds. The number of carbonyl (C=O) groups is 1. The van der Waals surface area contributed by atoms with Gasteiger partial charge in [-0.3, -0.25) is 9.69 Å². The molecule has 2 aromatic carbocycles. The molecule has 4 rings (SSSR count). The topological polar surface area (TPSA) is 103 Å². The Hall–Kier alpha value is -3.16. The lowest BCUT2D eigenvalue weighted by atomic mass is 9.98. The molecular formula is C22H22N2O5. The third-order valence-corrected chi connectivity index (χ3v) is 5.04. The minimum absolute atomic E-state index is 0.240. The fourth-order valence-electron chi connectivity index (χ4n) is 3.67. The van der Waals surface area contributed by atoms with E-state index in [4.69, 9.17) is 4.74 Å². The predicted octanol–water partition coefficient (Wildman–Crippen LogP) is 2.44. The normalized spacial score (nSPS) is 17.6. The molecular weight excluding hydrogens is 372 g/mol. The van der Waals surface area contributed by atoms with E-state index in [1.807, 2.05) is 30.3 Å². The number of anilines is 1. The van der Waals surface area contributed by atoms with Crippen LogP contribution in [0.3, 0.4) is 0 Å². The maximum Gasteiger partial charge on any atom is 0.414 e. The van der Waals surface area contributed by atoms with Gasteiger partial charge in [-0.15, -0.1) is 0 Å². The first-order valence-electron chi connectivity index (χ1n) is 9.48. The fourth-order valence-corrected chi connectivity index (χ4v) is 3.67. The number of carbonyl (C=O) groups excluding carboxylic acids is 1. The highest BCUT2D eigenvalue weighted by Crippen LogP contribution is 2.28. The smallest absolute Gasteiger partial charge is 0.414 e. The van der Waals surface area contributed by atoms with Gasteiger partial charge >= 0.3 is 6.09 Å². The number of nitrogens with one attached hydrogen (secondary N) is 1. The highest BCUT2D eigenvalue weighted by molar-refractivity contribution is 5.94. The van der Waals surface area contributed by atoms with E-state index in [2.05, 4.69) is 4.98 Å². The number of fused-ring (bicyclic) bond motifs is 1. The Balaban J connectivity index is 1.75. The van der Waals surface area contributed by atoms with Crippen LogP contribution in [0.15, 0.2) is 53.3 Å². The number of benzene rings is 2. The van der Waals surface area contributed by atoms with Crippen molar-refractivity contribution in [3.8, 4) is 11.3 Å². The molecule has 3 aromatic rings. The number of ether oxygens (including phenoxy) is 1. The molecule has 0 bridgehead atoms. The van der Waals surface area contributed by atoms with Crippen molar-refractivity contribution in [3.05, 3.63) is 64.4 Å². The molecule has 1 fully saturated rings. The van der Waals surface area contributed by atoms with Gasteiger partial charge in [0.05, 0.1) is 19.3 Å². The predicted molar refractivity (Wildman–Crippen MR) is 110 cm³/mol. The molecule has 1 saturated heterocycles. The van der Waals surface area contributed by atoms with Gasteiger partial charge in [0.1, 0.15) is 6.10 Å². The number of nitrogens with zero attached hydrogens (tertiary/aromatic N) is 1. The van der Waals surface area contributed by atoms with Crippen LogP contribution in [0, 0.1) is 0 Å². The first kappa shape index (κ1) is 19.2. The Morgan fingerprint density at radius 1 is 1.21 bits per heavy atom. The minimum atomic E-state index is -0.565. The van der Waals surface area contributed by atoms with Crippen LogP contribution >= 0.6 is 0 Å². The van der Waals surface area contributed by atoms with Crippen LogP contribution in [0.5, 0.6) is 0 Å². The molecule has 0 aliphatic carbocycles. The Morgan fingerprint density at radius 3 is 2.72 bits per heavy atom. The SMILES string of the molecule is CC(O)Cc1ccccc1-c1cc2ccc(N3CC(CO)OC3=O)cc2c(=O)[nH]1. The van der Waals surface area contributed by atoms with Gasteiger partial charge in [0, 0.05) is 22.3 Å². The summed E-state index contributed by atoms with van der Waals surface area (Å²) in [6.07, 6.45) is -1.11. The van der Waals surface area contributed by atoms with Crippen molar-refractivity contribution in [2.24, 2.45) is 0 Å². The average molecular weight is 394 g/mol. The van der Waals surface area contributed by atoms with Gasteiger partial charge in [0.2, 0.25) is 0 Å². The Bertz CT molecular complexity index is 1120. The van der Waals surface area contributed by atoms with E-state index < -0.39 is 18.3 Å². The largest absolute Gasteiger partial charge is 0.441 e. The number of amides is 1. The number of hydrogen-bond acceptors (Lipinski definition) is 5. The zero-order valence-corrected chi connectivity index (χ0v) is 16.0. The summed E-state index contributed by atoms with van der Waals surface area (Å²) in [4.78, 5) is 29.1. The molecule has 2 atom stereocenters. The Morgan fingerprint density at radius 2 is 2.00 bits per heavy atom. The van der Waals surface area contributed by atoms with Gasteiger partial charge in [-0.1, -0.05) is 30.3 Å². The van der Waals surface area contributed by atoms with Crippen LogP contribution in [0.4, 0.5) is 10.5 Å². The molecule has 1 aromatic heterocycles. The Labute approximate surface area is 167 Å². The number of aromatic amines is 1. The summed E-state index contributed by atoms with van der Waals surface area (Å²) in [5, 5.41) is 20.2. The summed E-state index contributed by atoms with van der Waals surface area (Å²) in [6.45, 7) is 1.72. The van der Waals surface area contributed by atoms with Crippen molar-refractivity contribution in [1.29, 1.82) is 0 Å². The second-order valence-corrected chi connectivity index (χ2v) is 7.29. The molecule has 29 heavy (non-hydrogen) atoms. The van der Waals surface area contributed by atoms with E-state index in [9.17, 15) is 19.8 Å². The second-order valence-electron chi connectivity index (χ2n) is 7.29. The van der Waals surface area contributed by atoms with Crippen molar-refractivity contribution < 1.29 is 19.7 Å². The first-order valence-corrected chi connectivity index (χ1v) is 9.48. The molecule has 7 heteroatoms. The minimum Gasteiger partial charge on any atom is -0.441 e. The lowest BCUT2D eigenvalue weighted by Crippen LogP contribution is -2.25. The molecule has 3 N–H and O–H groups in total. The molecule has 0 saturated carbocycles. The zero-order chi connectivity index (χ0) is 20.5. The van der Waals surface area contributed by atoms with E-state index in [0.29, 0.717) is 23.2 Å². The summed E-state index contributed by atoms with van der Waals surface area (Å²) >= 11 is 0. The maximum atomic E-state index is 12.8. The van der Waals surface area contributed by atoms with Gasteiger partial charge in [0.15, 0.2) is 0 Å². The van der Waals surface area contributed by atoms with Crippen molar-refractivity contribution in [1.82, 2.24) is 4.98 Å². The number of aliphatic hydroxyl groups is 2. The number of cyclic esters (lactones) is 1. The van der Waals surface area contributed by atoms with Crippen LogP contribution < -0.4 is 10.5 Å². The standard InChI is InChI=1S/C22H22N2O5/c1-13(26)8-14-4-2-3-5-18(14)20-9-15-6-7-16(10-19(15)21(27)23-20)24-11-17(12-25)29-22(24)28/h2-7,9-10,13,17,25-26H,8,11-12H2,1H3,(H,23,27). The quantitative estimate of drug-likeness (QED) is 0.617. The molecule has 2 heterocycles. The second kappa shape index (κ2) is 7.69. The third kappa shape index (κ3) is 3.74. The van der Waals surface area contributed by atoms with Gasteiger partial charge in [-0.2, -0.15) is 0 Å². The van der Waals surface area contributed by atoms with E-state index in [-0.39, 0.29) is 18.7 Å². The van der Waals surface area contributed by atoms with Crippen LogP contribution in [0.25, 0.3) is 22.0 Å². The van der Waals surface area contributed by atoms with Crippen LogP contribution in [-0.2, 0) is 11.2 Å². The summed E-state index contributed by atoms with van der Waals surface area (Å²) in [5.41, 5.74) is 2.77. The third-order valence-electron chi connectivity index (χ3n) is 5.04. The van der Waals surface area contributed by atoms with Gasteiger partial charge in [-0.05, 0) is 42.5 Å². The van der Waals surface area contributed by atoms with Crippen molar-refractivity contribution in [3.63, 3.8) is 0 Å². The number of rotatable bonds is 5. The highest BCUT2D eigenvalue weighted by atomic mass is 16.6. The van der Waals surface area contributed by atoms with E-state index in [0.717, 1.165) is 16.5 Å². The number of pyridine rings is 1. The molecule has 2 unspecified atom stereocenters. The summed E-state index contributed by atoms with van der Waals surface area (Å²) < 4.78 is 5.07. The van der Waals surface area contributed by atoms with Gasteiger partial charge < -0.3 is 19.9 Å². The van der Waals surface area contributed by atoms with Crippen LogP contribution in [0.2, 0.25) is 0 Å². The maximum absolute atomic E-state index is 12.8. The van der Waals surface area contributed by atoms with Crippen molar-refractivity contribution in [2.75, 3.05) is 18.1 Å². The van der Waals surface area contributed by atoms with Crippen molar-refractivity contribution in [2.45, 2.75) is 25.6 Å². The fraction of sp³-hybridized carbons (Fsp3) is 0.273. The van der Waals surface area contributed by atoms with E-state index in [1.54, 1.807) is 25.1 Å². The lowest BCUT2D eigenvalue weighted by Gasteiger charge is -2.15. The van der Waals surface area contributed by atoms with Crippen LogP contribution in [-0.4, -0.2) is 46.6 Å². The summed E-state index contributed by atoms with van der Waals surface area (Å²) in [5.74, 6) is 0. The summed E-state index contributed by atoms with van der Waals surface area (Å²) in [7, 11) is 0. The van der Waals surface area contributed by atoms with Gasteiger partial charge in [0.25, 0.3) is 5.56 Å². The van der Waals surface area contributed by atoms with Crippen LogP contribution in [0.1, 0.15) is 12.5 Å². The average Bonchev–Trinajstić information content (AvgIpc) is 3.08. The number of hydrogen-bond donors (Lipinski definition) is 3. The van der Waals surface area contributed by atoms with Gasteiger partial charge in [-0.25, -0.2) is 4.79 Å². The molecule has 150 valence electrons. The Kier molecular flexibility index (Phi) is 5.08. The molecule has 1 aliphatic rings. The number of H-pyrrole nitrogens is 1. The lowest BCUT2D eigenvalue weighted by molar-refractivity contribution is 0.0963. The number of aliphatic hydroxyl groups excluding tert-OH is 2. The highest BCUT2D eigenvalue weighted by Gasteiger charge is 2.32. The zero-order valence-electron chi connectivity index (χ0n) is 16.0.